The molecular formula is C20H24N2O5S2. The standard InChI is InChI=1S/C20H24N2O5S2/c23-15-9-7-14(8-10-15)13-16-19(27)22(20(28)29-16)12-3-1-2-5-17(24)21-11-4-6-18(25)26/h7-10,13,23H,1-6,11-12H2,(H,21,24)(H,25,26)/b16-13-. The van der Waals surface area contributed by atoms with Gasteiger partial charge in [-0.25, -0.2) is 0 Å². The molecule has 0 unspecified atom stereocenters. The summed E-state index contributed by atoms with van der Waals surface area (Å²) in [7, 11) is 0. The van der Waals surface area contributed by atoms with Crippen molar-refractivity contribution in [2.45, 2.75) is 38.5 Å². The Morgan fingerprint density at radius 2 is 1.83 bits per heavy atom. The van der Waals surface area contributed by atoms with E-state index in [0.717, 1.165) is 18.4 Å². The van der Waals surface area contributed by atoms with Crippen LogP contribution in [0.4, 0.5) is 0 Å². The number of unbranched alkanes of at least 4 members (excludes halogenated alkanes) is 2. The van der Waals surface area contributed by atoms with Crippen molar-refractivity contribution in [2.24, 2.45) is 0 Å². The highest BCUT2D eigenvalue weighted by molar-refractivity contribution is 8.26. The van der Waals surface area contributed by atoms with Gasteiger partial charge in [-0.05, 0) is 43.0 Å². The Morgan fingerprint density at radius 1 is 1.10 bits per heavy atom. The molecule has 0 radical (unpaired) electrons. The predicted octanol–water partition coefficient (Wildman–Crippen LogP) is 3.13. The number of nitrogens with zero attached hydrogens (tertiary/aromatic N) is 1. The minimum Gasteiger partial charge on any atom is -0.508 e. The number of carboxylic acids is 1. The van der Waals surface area contributed by atoms with E-state index in [2.05, 4.69) is 5.32 Å². The maximum Gasteiger partial charge on any atom is 0.303 e. The Hall–Kier alpha value is -2.39. The summed E-state index contributed by atoms with van der Waals surface area (Å²) < 4.78 is 0.524. The minimum absolute atomic E-state index is 0.0469. The third-order valence-corrected chi connectivity index (χ3v) is 5.62. The molecule has 1 aromatic carbocycles. The van der Waals surface area contributed by atoms with Crippen molar-refractivity contribution in [2.75, 3.05) is 13.1 Å². The number of thiocarbonyl (C=S) groups is 1. The van der Waals surface area contributed by atoms with Gasteiger partial charge in [0.05, 0.1) is 4.91 Å². The largest absolute Gasteiger partial charge is 0.508 e. The third-order valence-electron chi connectivity index (χ3n) is 4.24. The molecule has 2 rings (SSSR count). The number of phenolic OH excluding ortho intramolecular Hbond substituents is 1. The van der Waals surface area contributed by atoms with Gasteiger partial charge in [-0.3, -0.25) is 19.3 Å². The van der Waals surface area contributed by atoms with Gasteiger partial charge in [-0.1, -0.05) is 42.5 Å². The Bertz CT molecular complexity index is 793. The fourth-order valence-corrected chi connectivity index (χ4v) is 4.01. The number of amides is 2. The van der Waals surface area contributed by atoms with Gasteiger partial charge in [0.25, 0.3) is 5.91 Å². The van der Waals surface area contributed by atoms with E-state index in [-0.39, 0.29) is 24.0 Å². The van der Waals surface area contributed by atoms with Crippen molar-refractivity contribution in [3.63, 3.8) is 0 Å². The number of thioether (sulfide) groups is 1. The highest BCUT2D eigenvalue weighted by atomic mass is 32.2. The lowest BCUT2D eigenvalue weighted by Gasteiger charge is -2.14. The fourth-order valence-electron chi connectivity index (χ4n) is 2.70. The third kappa shape index (κ3) is 7.86. The van der Waals surface area contributed by atoms with E-state index in [1.165, 1.54) is 11.8 Å². The molecule has 0 aliphatic carbocycles. The molecule has 1 aliphatic heterocycles. The Morgan fingerprint density at radius 3 is 2.52 bits per heavy atom. The average Bonchev–Trinajstić information content (AvgIpc) is 2.94. The molecule has 1 heterocycles. The molecule has 2 amide bonds. The summed E-state index contributed by atoms with van der Waals surface area (Å²) in [6.45, 7) is 0.882. The Labute approximate surface area is 179 Å². The first-order chi connectivity index (χ1) is 13.9. The number of hydrogen-bond donors (Lipinski definition) is 3. The quantitative estimate of drug-likeness (QED) is 0.278. The number of carbonyl (C=O) groups is 3. The number of phenols is 1. The number of nitrogens with one attached hydrogen (secondary N) is 1. The number of hydrogen-bond acceptors (Lipinski definition) is 6. The molecular weight excluding hydrogens is 412 g/mol. The van der Waals surface area contributed by atoms with Gasteiger partial charge < -0.3 is 15.5 Å². The van der Waals surface area contributed by atoms with E-state index in [9.17, 15) is 19.5 Å². The molecule has 156 valence electrons. The van der Waals surface area contributed by atoms with Crippen LogP contribution in [0.25, 0.3) is 6.08 Å². The number of aromatic hydroxyl groups is 1. The summed E-state index contributed by atoms with van der Waals surface area (Å²) in [5.74, 6) is -0.904. The van der Waals surface area contributed by atoms with Gasteiger partial charge in [0.15, 0.2) is 0 Å². The van der Waals surface area contributed by atoms with Crippen molar-refractivity contribution in [1.82, 2.24) is 10.2 Å². The van der Waals surface area contributed by atoms with Gasteiger partial charge in [0.2, 0.25) is 5.91 Å². The van der Waals surface area contributed by atoms with Crippen LogP contribution in [0.15, 0.2) is 29.2 Å². The van der Waals surface area contributed by atoms with Crippen molar-refractivity contribution in [3.05, 3.63) is 34.7 Å². The number of carboxylic acid groups (broad SMARTS) is 1. The zero-order chi connectivity index (χ0) is 21.2. The molecule has 7 nitrogen and oxygen atoms in total. The maximum absolute atomic E-state index is 12.5. The second-order valence-corrected chi connectivity index (χ2v) is 8.26. The highest BCUT2D eigenvalue weighted by Gasteiger charge is 2.31. The van der Waals surface area contributed by atoms with Crippen LogP contribution in [0.1, 0.15) is 44.1 Å². The number of rotatable bonds is 11. The average molecular weight is 437 g/mol. The van der Waals surface area contributed by atoms with E-state index in [1.54, 1.807) is 35.2 Å². The second-order valence-electron chi connectivity index (χ2n) is 6.58. The van der Waals surface area contributed by atoms with Gasteiger partial charge in [-0.2, -0.15) is 0 Å². The van der Waals surface area contributed by atoms with Gasteiger partial charge >= 0.3 is 5.97 Å². The van der Waals surface area contributed by atoms with E-state index >= 15 is 0 Å². The van der Waals surface area contributed by atoms with Crippen LogP contribution in [0.2, 0.25) is 0 Å². The van der Waals surface area contributed by atoms with Crippen molar-refractivity contribution in [3.8, 4) is 5.75 Å². The summed E-state index contributed by atoms with van der Waals surface area (Å²) in [6, 6.07) is 6.59. The van der Waals surface area contributed by atoms with E-state index < -0.39 is 5.97 Å². The van der Waals surface area contributed by atoms with Crippen molar-refractivity contribution >= 4 is 52.2 Å². The van der Waals surface area contributed by atoms with Crippen LogP contribution in [0, 0.1) is 0 Å². The molecule has 1 aromatic rings. The predicted molar refractivity (Wildman–Crippen MR) is 116 cm³/mol. The van der Waals surface area contributed by atoms with E-state index in [4.69, 9.17) is 17.3 Å². The first-order valence-electron chi connectivity index (χ1n) is 9.39. The van der Waals surface area contributed by atoms with Crippen LogP contribution >= 0.6 is 24.0 Å². The number of benzene rings is 1. The van der Waals surface area contributed by atoms with E-state index in [1.807, 2.05) is 0 Å². The maximum atomic E-state index is 12.5. The summed E-state index contributed by atoms with van der Waals surface area (Å²) in [4.78, 5) is 36.8. The Kier molecular flexibility index (Phi) is 9.14. The summed E-state index contributed by atoms with van der Waals surface area (Å²) in [5, 5.41) is 20.6. The molecule has 1 fully saturated rings. The molecule has 1 aliphatic rings. The van der Waals surface area contributed by atoms with Crippen molar-refractivity contribution < 1.29 is 24.6 Å². The topological polar surface area (TPSA) is 107 Å². The number of carbonyl (C=O) groups excluding carboxylic acids is 2. The smallest absolute Gasteiger partial charge is 0.303 e. The number of aliphatic carboxylic acids is 1. The monoisotopic (exact) mass is 436 g/mol. The normalized spacial score (nSPS) is 15.2. The van der Waals surface area contributed by atoms with Crippen LogP contribution in [-0.2, 0) is 14.4 Å². The Balaban J connectivity index is 1.68. The SMILES string of the molecule is O=C(O)CCCNC(=O)CCCCCN1C(=O)/C(=C/c2ccc(O)cc2)SC1=S. The molecule has 1 saturated heterocycles. The first-order valence-corrected chi connectivity index (χ1v) is 10.6. The fraction of sp³-hybridized carbons (Fsp3) is 0.400. The first kappa shape index (κ1) is 22.9. The van der Waals surface area contributed by atoms with Gasteiger partial charge in [0.1, 0.15) is 10.1 Å². The van der Waals surface area contributed by atoms with Gasteiger partial charge in [-0.15, -0.1) is 0 Å². The molecule has 0 spiro atoms. The lowest BCUT2D eigenvalue weighted by molar-refractivity contribution is -0.137. The van der Waals surface area contributed by atoms with Crippen LogP contribution < -0.4 is 5.32 Å². The molecule has 0 atom stereocenters. The van der Waals surface area contributed by atoms with Gasteiger partial charge in [0, 0.05) is 25.9 Å². The van der Waals surface area contributed by atoms with Crippen molar-refractivity contribution in [1.29, 1.82) is 0 Å². The summed E-state index contributed by atoms with van der Waals surface area (Å²) >= 11 is 6.57. The molecule has 29 heavy (non-hydrogen) atoms. The molecule has 3 N–H and O–H groups in total. The molecule has 0 saturated carbocycles. The highest BCUT2D eigenvalue weighted by Crippen LogP contribution is 2.33. The van der Waals surface area contributed by atoms with Crippen LogP contribution in [0.5, 0.6) is 5.75 Å². The van der Waals surface area contributed by atoms with E-state index in [0.29, 0.717) is 41.6 Å². The van der Waals surface area contributed by atoms with Crippen LogP contribution in [-0.4, -0.2) is 50.3 Å². The summed E-state index contributed by atoms with van der Waals surface area (Å²) in [6.07, 6.45) is 4.84. The molecule has 0 aromatic heterocycles. The minimum atomic E-state index is -0.868. The lowest BCUT2D eigenvalue weighted by atomic mass is 10.1. The zero-order valence-corrected chi connectivity index (χ0v) is 17.6. The van der Waals surface area contributed by atoms with Crippen LogP contribution in [0.3, 0.4) is 0 Å². The molecule has 9 heteroatoms. The molecule has 0 bridgehead atoms. The zero-order valence-electron chi connectivity index (χ0n) is 15.9. The second kappa shape index (κ2) is 11.6. The lowest BCUT2D eigenvalue weighted by Crippen LogP contribution is -2.29. The summed E-state index contributed by atoms with van der Waals surface area (Å²) in [5.41, 5.74) is 0.817.